The molecule has 0 bridgehead atoms. The Morgan fingerprint density at radius 2 is 1.84 bits per heavy atom. The molecular formula is C16H26N2O. The Labute approximate surface area is 116 Å². The van der Waals surface area contributed by atoms with Gasteiger partial charge in [0.2, 0.25) is 5.91 Å². The lowest BCUT2D eigenvalue weighted by atomic mass is 10.1. The highest BCUT2D eigenvalue weighted by molar-refractivity contribution is 5.90. The maximum atomic E-state index is 11.6. The highest BCUT2D eigenvalue weighted by atomic mass is 16.1. The molecule has 0 atom stereocenters. The molecule has 3 heteroatoms. The van der Waals surface area contributed by atoms with Crippen molar-refractivity contribution in [3.05, 3.63) is 29.8 Å². The third-order valence-electron chi connectivity index (χ3n) is 3.14. The number of hydrogen-bond donors (Lipinski definition) is 2. The van der Waals surface area contributed by atoms with E-state index in [1.165, 1.54) is 24.8 Å². The number of unbranched alkanes of at least 4 members (excludes halogenated alkanes) is 2. The Morgan fingerprint density at radius 3 is 2.47 bits per heavy atom. The fourth-order valence-corrected chi connectivity index (χ4v) is 1.98. The lowest BCUT2D eigenvalue weighted by Gasteiger charge is -2.06. The number of hydrogen-bond acceptors (Lipinski definition) is 2. The van der Waals surface area contributed by atoms with Gasteiger partial charge >= 0.3 is 0 Å². The summed E-state index contributed by atoms with van der Waals surface area (Å²) in [5.74, 6) is 0.0917. The molecule has 106 valence electrons. The molecule has 2 N–H and O–H groups in total. The Hall–Kier alpha value is -1.35. The molecule has 0 fully saturated rings. The van der Waals surface area contributed by atoms with Gasteiger partial charge in [-0.15, -0.1) is 0 Å². The van der Waals surface area contributed by atoms with E-state index in [2.05, 4.69) is 29.7 Å². The number of rotatable bonds is 9. The monoisotopic (exact) mass is 262 g/mol. The molecule has 3 nitrogen and oxygen atoms in total. The van der Waals surface area contributed by atoms with Gasteiger partial charge in [-0.05, 0) is 50.6 Å². The smallest absolute Gasteiger partial charge is 0.224 e. The molecule has 1 aromatic carbocycles. The molecule has 1 amide bonds. The minimum atomic E-state index is 0.0917. The number of anilines is 1. The highest BCUT2D eigenvalue weighted by Gasteiger charge is 2.01. The van der Waals surface area contributed by atoms with Crippen molar-refractivity contribution >= 4 is 11.6 Å². The maximum Gasteiger partial charge on any atom is 0.224 e. The normalized spacial score (nSPS) is 10.4. The second-order valence-electron chi connectivity index (χ2n) is 4.91. The van der Waals surface area contributed by atoms with E-state index in [4.69, 9.17) is 0 Å². The predicted molar refractivity (Wildman–Crippen MR) is 81.5 cm³/mol. The lowest BCUT2D eigenvalue weighted by molar-refractivity contribution is -0.116. The van der Waals surface area contributed by atoms with Gasteiger partial charge < -0.3 is 10.6 Å². The van der Waals surface area contributed by atoms with Gasteiger partial charge in [0.1, 0.15) is 0 Å². The summed E-state index contributed by atoms with van der Waals surface area (Å²) in [6.45, 7) is 3.09. The topological polar surface area (TPSA) is 41.1 Å². The summed E-state index contributed by atoms with van der Waals surface area (Å²) in [6, 6.07) is 8.21. The van der Waals surface area contributed by atoms with Gasteiger partial charge in [-0.3, -0.25) is 4.79 Å². The highest BCUT2D eigenvalue weighted by Crippen LogP contribution is 2.12. The van der Waals surface area contributed by atoms with Crippen molar-refractivity contribution in [3.63, 3.8) is 0 Å². The Kier molecular flexibility index (Phi) is 7.91. The largest absolute Gasteiger partial charge is 0.326 e. The van der Waals surface area contributed by atoms with Gasteiger partial charge in [0, 0.05) is 12.1 Å². The van der Waals surface area contributed by atoms with Gasteiger partial charge in [-0.25, -0.2) is 0 Å². The van der Waals surface area contributed by atoms with E-state index in [-0.39, 0.29) is 5.91 Å². The number of amides is 1. The molecule has 0 saturated heterocycles. The molecule has 0 aromatic heterocycles. The van der Waals surface area contributed by atoms with Crippen LogP contribution < -0.4 is 10.6 Å². The van der Waals surface area contributed by atoms with E-state index >= 15 is 0 Å². The van der Waals surface area contributed by atoms with Crippen LogP contribution in [0.3, 0.4) is 0 Å². The first-order valence-electron chi connectivity index (χ1n) is 7.29. The first-order valence-corrected chi connectivity index (χ1v) is 7.29. The van der Waals surface area contributed by atoms with Crippen LogP contribution in [0.25, 0.3) is 0 Å². The van der Waals surface area contributed by atoms with Gasteiger partial charge in [0.05, 0.1) is 0 Å². The zero-order valence-corrected chi connectivity index (χ0v) is 12.2. The number of benzene rings is 1. The van der Waals surface area contributed by atoms with Crippen LogP contribution in [0.15, 0.2) is 24.3 Å². The van der Waals surface area contributed by atoms with E-state index in [1.54, 1.807) is 0 Å². The summed E-state index contributed by atoms with van der Waals surface area (Å²) < 4.78 is 0. The van der Waals surface area contributed by atoms with Crippen LogP contribution >= 0.6 is 0 Å². The van der Waals surface area contributed by atoms with Crippen molar-refractivity contribution in [2.45, 2.75) is 45.4 Å². The van der Waals surface area contributed by atoms with Crippen LogP contribution in [0.1, 0.15) is 44.6 Å². The number of aryl methyl sites for hydroxylation is 1. The number of carbonyl (C=O) groups excluding carboxylic acids is 1. The second-order valence-corrected chi connectivity index (χ2v) is 4.91. The fraction of sp³-hybridized carbons (Fsp3) is 0.562. The summed E-state index contributed by atoms with van der Waals surface area (Å²) in [5, 5.41) is 5.97. The Morgan fingerprint density at radius 1 is 1.11 bits per heavy atom. The molecule has 0 aliphatic heterocycles. The summed E-state index contributed by atoms with van der Waals surface area (Å²) in [6.07, 6.45) is 6.34. The summed E-state index contributed by atoms with van der Waals surface area (Å²) >= 11 is 0. The first kappa shape index (κ1) is 15.7. The molecule has 19 heavy (non-hydrogen) atoms. The van der Waals surface area contributed by atoms with Crippen LogP contribution in [0.5, 0.6) is 0 Å². The average Bonchev–Trinajstić information content (AvgIpc) is 2.41. The standard InChI is InChI=1S/C16H26N2O/c1-3-4-5-7-14-9-11-15(12-10-14)18-16(19)8-6-13-17-2/h9-12,17H,3-8,13H2,1-2H3,(H,18,19). The second kappa shape index (κ2) is 9.56. The lowest BCUT2D eigenvalue weighted by Crippen LogP contribution is -2.15. The SMILES string of the molecule is CCCCCc1ccc(NC(=O)CCCNC)cc1. The molecule has 0 aliphatic rings. The third-order valence-corrected chi connectivity index (χ3v) is 3.14. The van der Waals surface area contributed by atoms with Crippen LogP contribution in [0.4, 0.5) is 5.69 Å². The van der Waals surface area contributed by atoms with Crippen molar-refractivity contribution in [2.75, 3.05) is 18.9 Å². The van der Waals surface area contributed by atoms with Crippen molar-refractivity contribution in [2.24, 2.45) is 0 Å². The van der Waals surface area contributed by atoms with E-state index in [0.717, 1.165) is 25.1 Å². The predicted octanol–water partition coefficient (Wildman–Crippen LogP) is 3.36. The van der Waals surface area contributed by atoms with Crippen LogP contribution in [-0.4, -0.2) is 19.5 Å². The minimum Gasteiger partial charge on any atom is -0.326 e. The van der Waals surface area contributed by atoms with Crippen molar-refractivity contribution in [1.82, 2.24) is 5.32 Å². The summed E-state index contributed by atoms with van der Waals surface area (Å²) in [7, 11) is 1.90. The Bertz CT molecular complexity index is 360. The molecule has 0 heterocycles. The first-order chi connectivity index (χ1) is 9.26. The molecule has 0 radical (unpaired) electrons. The van der Waals surface area contributed by atoms with Gasteiger partial charge in [0.25, 0.3) is 0 Å². The number of carbonyl (C=O) groups is 1. The van der Waals surface area contributed by atoms with Crippen LogP contribution in [0.2, 0.25) is 0 Å². The molecule has 0 saturated carbocycles. The molecule has 1 aromatic rings. The molecular weight excluding hydrogens is 236 g/mol. The molecule has 0 unspecified atom stereocenters. The zero-order valence-electron chi connectivity index (χ0n) is 12.2. The van der Waals surface area contributed by atoms with E-state index < -0.39 is 0 Å². The third kappa shape index (κ3) is 6.97. The quantitative estimate of drug-likeness (QED) is 0.670. The fourth-order valence-electron chi connectivity index (χ4n) is 1.98. The zero-order chi connectivity index (χ0) is 13.9. The van der Waals surface area contributed by atoms with Gasteiger partial charge in [0.15, 0.2) is 0 Å². The summed E-state index contributed by atoms with van der Waals surface area (Å²) in [5.41, 5.74) is 2.25. The van der Waals surface area contributed by atoms with E-state index in [0.29, 0.717) is 6.42 Å². The molecule has 0 aliphatic carbocycles. The summed E-state index contributed by atoms with van der Waals surface area (Å²) in [4.78, 5) is 11.6. The van der Waals surface area contributed by atoms with Crippen LogP contribution in [-0.2, 0) is 11.2 Å². The molecule has 0 spiro atoms. The molecule has 1 rings (SSSR count). The average molecular weight is 262 g/mol. The Balaban J connectivity index is 2.32. The van der Waals surface area contributed by atoms with Crippen molar-refractivity contribution in [3.8, 4) is 0 Å². The van der Waals surface area contributed by atoms with Crippen molar-refractivity contribution in [1.29, 1.82) is 0 Å². The van der Waals surface area contributed by atoms with Gasteiger partial charge in [-0.1, -0.05) is 31.9 Å². The van der Waals surface area contributed by atoms with Crippen LogP contribution in [0, 0.1) is 0 Å². The minimum absolute atomic E-state index is 0.0917. The maximum absolute atomic E-state index is 11.6. The van der Waals surface area contributed by atoms with Gasteiger partial charge in [-0.2, -0.15) is 0 Å². The van der Waals surface area contributed by atoms with Crippen molar-refractivity contribution < 1.29 is 4.79 Å². The number of nitrogens with one attached hydrogen (secondary N) is 2. The van der Waals surface area contributed by atoms with E-state index in [9.17, 15) is 4.79 Å². The van der Waals surface area contributed by atoms with E-state index in [1.807, 2.05) is 19.2 Å².